The highest BCUT2D eigenvalue weighted by molar-refractivity contribution is 8.68. The molecule has 0 fully saturated rings. The van der Waals surface area contributed by atoms with E-state index in [2.05, 4.69) is 0 Å². The van der Waals surface area contributed by atoms with Crippen molar-refractivity contribution in [2.75, 3.05) is 0 Å². The average Bonchev–Trinajstić information content (AvgIpc) is 2.05. The lowest BCUT2D eigenvalue weighted by Gasteiger charge is -1.93. The average molecular weight is 218 g/mol. The molecule has 0 spiro atoms. The molecular formula is C6H4NO2S3. The number of nitrogens with zero attached hydrogens (tertiary/aromatic N) is 1. The van der Waals surface area contributed by atoms with Crippen LogP contribution in [0.1, 0.15) is 0 Å². The Morgan fingerprint density at radius 1 is 1.25 bits per heavy atom. The molecule has 3 nitrogen and oxygen atoms in total. The lowest BCUT2D eigenvalue weighted by molar-refractivity contribution is -0.284. The first-order valence-corrected chi connectivity index (χ1v) is 5.46. The van der Waals surface area contributed by atoms with Crippen molar-refractivity contribution in [1.82, 2.24) is 0 Å². The Balaban J connectivity index is 2.71. The van der Waals surface area contributed by atoms with Crippen LogP contribution in [-0.4, -0.2) is 4.33 Å². The van der Waals surface area contributed by atoms with Crippen LogP contribution in [0.5, 0.6) is 0 Å². The molecule has 1 rings (SSSR count). The molecule has 0 N–H and O–H groups in total. The minimum absolute atomic E-state index is 0.435. The van der Waals surface area contributed by atoms with E-state index in [0.717, 1.165) is 4.90 Å². The third kappa shape index (κ3) is 2.96. The topological polar surface area (TPSA) is 43.1 Å². The lowest BCUT2D eigenvalue weighted by atomic mass is 10.4. The van der Waals surface area contributed by atoms with Gasteiger partial charge in [-0.05, 0) is 46.7 Å². The number of hydrogen-bond donors (Lipinski definition) is 0. The predicted molar refractivity (Wildman–Crippen MR) is 52.7 cm³/mol. The maximum atomic E-state index is 10.1. The van der Waals surface area contributed by atoms with Crippen molar-refractivity contribution in [2.45, 2.75) is 9.79 Å². The summed E-state index contributed by atoms with van der Waals surface area (Å²) >= 11 is 5.32. The van der Waals surface area contributed by atoms with Gasteiger partial charge in [-0.25, -0.2) is 0 Å². The number of hydrogen-bond acceptors (Lipinski definition) is 4. The fourth-order valence-electron chi connectivity index (χ4n) is 0.642. The van der Waals surface area contributed by atoms with E-state index in [-0.39, 0.29) is 0 Å². The van der Waals surface area contributed by atoms with Gasteiger partial charge < -0.3 is 0 Å². The van der Waals surface area contributed by atoms with Crippen LogP contribution in [0.15, 0.2) is 34.1 Å². The van der Waals surface area contributed by atoms with Gasteiger partial charge in [-0.1, -0.05) is 0 Å². The van der Waals surface area contributed by atoms with Gasteiger partial charge in [0.1, 0.15) is 4.33 Å². The summed E-state index contributed by atoms with van der Waals surface area (Å²) in [6, 6.07) is 6.90. The largest absolute Gasteiger partial charge is 0.265 e. The van der Waals surface area contributed by atoms with E-state index in [1.807, 2.05) is 0 Å². The zero-order valence-corrected chi connectivity index (χ0v) is 8.25. The summed E-state index contributed by atoms with van der Waals surface area (Å²) in [6.07, 6.45) is 0. The zero-order chi connectivity index (χ0) is 8.97. The highest BCUT2D eigenvalue weighted by Crippen LogP contribution is 2.25. The van der Waals surface area contributed by atoms with Crippen LogP contribution in [-0.2, 0) is 0 Å². The molecule has 0 amide bonds. The Bertz CT molecular complexity index is 275. The first-order valence-electron chi connectivity index (χ1n) is 2.94. The van der Waals surface area contributed by atoms with Gasteiger partial charge in [-0.3, -0.25) is 10.1 Å². The van der Waals surface area contributed by atoms with Crippen molar-refractivity contribution in [1.29, 1.82) is 0 Å². The van der Waals surface area contributed by atoms with Crippen molar-refractivity contribution < 1.29 is 4.33 Å². The second kappa shape index (κ2) is 4.64. The van der Waals surface area contributed by atoms with Crippen molar-refractivity contribution in [3.63, 3.8) is 0 Å². The summed E-state index contributed by atoms with van der Waals surface area (Å²) in [5.74, 6) is 0. The molecule has 1 radical (unpaired) electrons. The van der Waals surface area contributed by atoms with Crippen molar-refractivity contribution in [3.8, 4) is 0 Å². The third-order valence-electron chi connectivity index (χ3n) is 1.10. The molecule has 0 heterocycles. The van der Waals surface area contributed by atoms with Gasteiger partial charge in [0, 0.05) is 4.90 Å². The molecule has 0 aliphatic rings. The van der Waals surface area contributed by atoms with Crippen LogP contribution in [0.25, 0.3) is 0 Å². The van der Waals surface area contributed by atoms with E-state index in [1.165, 1.54) is 10.8 Å². The normalized spacial score (nSPS) is 9.75. The van der Waals surface area contributed by atoms with Crippen LogP contribution >= 0.6 is 34.4 Å². The molecule has 0 bridgehead atoms. The first-order chi connectivity index (χ1) is 5.72. The van der Waals surface area contributed by atoms with E-state index in [9.17, 15) is 10.1 Å². The van der Waals surface area contributed by atoms with Crippen molar-refractivity contribution in [2.24, 2.45) is 0 Å². The standard InChI is InChI=1S/C6H4NO2S3/c8-7(9)11-5-1-3-6(12-10)4-2-5/h1-4H. The molecule has 1 aromatic carbocycles. The highest BCUT2D eigenvalue weighted by Gasteiger charge is 2.03. The fourth-order valence-corrected chi connectivity index (χ4v) is 1.65. The van der Waals surface area contributed by atoms with Gasteiger partial charge in [0.25, 0.3) is 11.9 Å². The molecule has 0 unspecified atom stereocenters. The van der Waals surface area contributed by atoms with Gasteiger partial charge in [-0.2, -0.15) is 0 Å². The molecule has 0 saturated heterocycles. The molecule has 0 aromatic heterocycles. The second-order valence-corrected chi connectivity index (χ2v) is 3.96. The minimum atomic E-state index is -0.435. The molecule has 1 aromatic rings. The summed E-state index contributed by atoms with van der Waals surface area (Å²) in [5.41, 5.74) is 0. The van der Waals surface area contributed by atoms with Gasteiger partial charge in [-0.15, -0.1) is 0 Å². The Kier molecular flexibility index (Phi) is 3.77. The van der Waals surface area contributed by atoms with E-state index in [4.69, 9.17) is 11.7 Å². The maximum absolute atomic E-state index is 10.1. The van der Waals surface area contributed by atoms with Crippen LogP contribution < -0.4 is 0 Å². The van der Waals surface area contributed by atoms with Crippen molar-refractivity contribution in [3.05, 3.63) is 34.4 Å². The fraction of sp³-hybridized carbons (Fsp3) is 0. The van der Waals surface area contributed by atoms with E-state index >= 15 is 0 Å². The summed E-state index contributed by atoms with van der Waals surface area (Å²) in [6.45, 7) is 0. The van der Waals surface area contributed by atoms with Gasteiger partial charge in [0.05, 0.1) is 4.90 Å². The molecule has 63 valence electrons. The summed E-state index contributed by atoms with van der Waals surface area (Å²) in [4.78, 5) is 11.6. The molecule has 0 atom stereocenters. The van der Waals surface area contributed by atoms with E-state index < -0.39 is 4.33 Å². The lowest BCUT2D eigenvalue weighted by Crippen LogP contribution is -1.82. The van der Waals surface area contributed by atoms with E-state index in [0.29, 0.717) is 16.8 Å². The molecule has 0 aliphatic heterocycles. The SMILES string of the molecule is O=[N+]([O-])Sc1ccc(S[S])cc1. The van der Waals surface area contributed by atoms with Crippen molar-refractivity contribution >= 4 is 34.4 Å². The molecular weight excluding hydrogens is 214 g/mol. The Hall–Kier alpha value is -0.330. The van der Waals surface area contributed by atoms with Crippen LogP contribution in [0, 0.1) is 10.1 Å². The second-order valence-electron chi connectivity index (χ2n) is 1.87. The van der Waals surface area contributed by atoms with Gasteiger partial charge in [0.2, 0.25) is 0 Å². The molecule has 0 aliphatic carbocycles. The third-order valence-corrected chi connectivity index (χ3v) is 2.77. The number of nitro groups is 1. The summed E-state index contributed by atoms with van der Waals surface area (Å²) in [5, 5.41) is 10.1. The molecule has 0 saturated carbocycles. The minimum Gasteiger partial charge on any atom is -0.250 e. The van der Waals surface area contributed by atoms with E-state index in [1.54, 1.807) is 24.3 Å². The van der Waals surface area contributed by atoms with Crippen LogP contribution in [0.3, 0.4) is 0 Å². The summed E-state index contributed by atoms with van der Waals surface area (Å²) in [7, 11) is 1.20. The van der Waals surface area contributed by atoms with Gasteiger partial charge in [0.15, 0.2) is 0 Å². The van der Waals surface area contributed by atoms with Gasteiger partial charge >= 0.3 is 0 Å². The first kappa shape index (κ1) is 9.76. The van der Waals surface area contributed by atoms with Crippen LogP contribution in [0.4, 0.5) is 0 Å². The van der Waals surface area contributed by atoms with Crippen LogP contribution in [0.2, 0.25) is 0 Å². The quantitative estimate of drug-likeness (QED) is 0.338. The monoisotopic (exact) mass is 218 g/mol. The smallest absolute Gasteiger partial charge is 0.250 e. The molecule has 12 heavy (non-hydrogen) atoms. The highest BCUT2D eigenvalue weighted by atomic mass is 33.1. The number of benzene rings is 1. The summed E-state index contributed by atoms with van der Waals surface area (Å²) < 4.78 is -0.435. The number of rotatable bonds is 3. The zero-order valence-electron chi connectivity index (χ0n) is 5.80. The predicted octanol–water partition coefficient (Wildman–Crippen LogP) is 3.18. The Morgan fingerprint density at radius 2 is 1.75 bits per heavy atom. The maximum Gasteiger partial charge on any atom is 0.265 e. The Morgan fingerprint density at radius 3 is 2.17 bits per heavy atom. The Labute approximate surface area is 83.0 Å². The molecule has 6 heteroatoms.